The number of carbonyl (C=O) groups is 1. The Balaban J connectivity index is 1.17. The molecule has 174 valence electrons. The van der Waals surface area contributed by atoms with E-state index in [1.165, 1.54) is 16.7 Å². The highest BCUT2D eigenvalue weighted by Crippen LogP contribution is 2.46. The molecule has 3 aliphatic rings. The van der Waals surface area contributed by atoms with Gasteiger partial charge in [-0.2, -0.15) is 0 Å². The predicted octanol–water partition coefficient (Wildman–Crippen LogP) is 3.19. The van der Waals surface area contributed by atoms with Crippen molar-refractivity contribution in [2.24, 2.45) is 11.1 Å². The number of hydrogen-bond acceptors (Lipinski definition) is 6. The number of benzene rings is 1. The molecule has 0 bridgehead atoms. The Bertz CT molecular complexity index is 1040. The topological polar surface area (TPSA) is 84.0 Å². The van der Waals surface area contributed by atoms with Crippen LogP contribution >= 0.6 is 0 Å². The molecule has 0 unspecified atom stereocenters. The zero-order valence-electron chi connectivity index (χ0n) is 19.4. The number of fused-ring (bicyclic) bond motifs is 2. The normalized spacial score (nSPS) is 22.0. The summed E-state index contributed by atoms with van der Waals surface area (Å²) in [6, 6.07) is 12.5. The summed E-state index contributed by atoms with van der Waals surface area (Å²) < 4.78 is 0. The van der Waals surface area contributed by atoms with Crippen LogP contribution in [0.2, 0.25) is 0 Å². The van der Waals surface area contributed by atoms with Crippen LogP contribution in [0.5, 0.6) is 0 Å². The van der Waals surface area contributed by atoms with Crippen molar-refractivity contribution in [2.45, 2.75) is 44.1 Å². The SMILES string of the molecule is CO/N=C1/CC2(CCN(C(=O)C3CCN(Cc4ccnc(N)c4)CC3)CC2)c2ccccc21. The molecule has 1 aliphatic carbocycles. The van der Waals surface area contributed by atoms with E-state index >= 15 is 0 Å². The second-order valence-corrected chi connectivity index (χ2v) is 9.69. The van der Waals surface area contributed by atoms with E-state index in [1.807, 2.05) is 12.1 Å². The van der Waals surface area contributed by atoms with Gasteiger partial charge < -0.3 is 15.5 Å². The lowest BCUT2D eigenvalue weighted by Crippen LogP contribution is -2.48. The second kappa shape index (κ2) is 9.14. The first kappa shape index (κ1) is 21.9. The number of nitrogen functional groups attached to an aromatic ring is 1. The summed E-state index contributed by atoms with van der Waals surface area (Å²) in [6.45, 7) is 4.40. The second-order valence-electron chi connectivity index (χ2n) is 9.69. The first-order valence-electron chi connectivity index (χ1n) is 12.0. The van der Waals surface area contributed by atoms with E-state index in [0.29, 0.717) is 11.7 Å². The first-order chi connectivity index (χ1) is 16.1. The number of nitrogens with zero attached hydrogens (tertiary/aromatic N) is 4. The van der Waals surface area contributed by atoms with Gasteiger partial charge in [0.25, 0.3) is 0 Å². The third-order valence-corrected chi connectivity index (χ3v) is 7.74. The van der Waals surface area contributed by atoms with Gasteiger partial charge in [-0.3, -0.25) is 9.69 Å². The summed E-state index contributed by atoms with van der Waals surface area (Å²) in [4.78, 5) is 27.0. The maximum Gasteiger partial charge on any atom is 0.225 e. The molecule has 1 spiro atoms. The molecule has 2 aromatic rings. The number of likely N-dealkylation sites (tertiary alicyclic amines) is 2. The van der Waals surface area contributed by atoms with Crippen LogP contribution in [-0.4, -0.2) is 59.7 Å². The third-order valence-electron chi connectivity index (χ3n) is 7.74. The van der Waals surface area contributed by atoms with Crippen LogP contribution < -0.4 is 5.73 Å². The maximum absolute atomic E-state index is 13.3. The monoisotopic (exact) mass is 447 g/mol. The summed E-state index contributed by atoms with van der Waals surface area (Å²) in [5.74, 6) is 1.04. The Kier molecular flexibility index (Phi) is 6.06. The Morgan fingerprint density at radius 3 is 2.67 bits per heavy atom. The van der Waals surface area contributed by atoms with Crippen LogP contribution in [0.1, 0.15) is 48.8 Å². The summed E-state index contributed by atoms with van der Waals surface area (Å²) in [5, 5.41) is 4.30. The summed E-state index contributed by atoms with van der Waals surface area (Å²) in [6.07, 6.45) is 6.49. The molecule has 5 rings (SSSR count). The van der Waals surface area contributed by atoms with Crippen LogP contribution in [-0.2, 0) is 21.6 Å². The Morgan fingerprint density at radius 2 is 1.94 bits per heavy atom. The van der Waals surface area contributed by atoms with E-state index in [-0.39, 0.29) is 11.3 Å². The zero-order chi connectivity index (χ0) is 22.8. The predicted molar refractivity (Wildman–Crippen MR) is 129 cm³/mol. The Hall–Kier alpha value is -2.93. The van der Waals surface area contributed by atoms with Crippen molar-refractivity contribution < 1.29 is 9.63 Å². The first-order valence-corrected chi connectivity index (χ1v) is 12.0. The number of anilines is 1. The fourth-order valence-corrected chi connectivity index (χ4v) is 5.95. The minimum absolute atomic E-state index is 0.0838. The summed E-state index contributed by atoms with van der Waals surface area (Å²) in [7, 11) is 1.61. The van der Waals surface area contributed by atoms with E-state index in [2.05, 4.69) is 44.2 Å². The fraction of sp³-hybridized carbons (Fsp3) is 0.500. The van der Waals surface area contributed by atoms with E-state index in [4.69, 9.17) is 10.6 Å². The average molecular weight is 448 g/mol. The van der Waals surface area contributed by atoms with Gasteiger partial charge in [-0.25, -0.2) is 4.98 Å². The van der Waals surface area contributed by atoms with E-state index < -0.39 is 0 Å². The van der Waals surface area contributed by atoms with Crippen molar-refractivity contribution >= 4 is 17.4 Å². The van der Waals surface area contributed by atoms with Gasteiger partial charge in [-0.05, 0) is 62.0 Å². The molecule has 1 amide bonds. The lowest BCUT2D eigenvalue weighted by Gasteiger charge is -2.42. The maximum atomic E-state index is 13.3. The minimum Gasteiger partial charge on any atom is -0.399 e. The molecule has 0 atom stereocenters. The molecule has 2 N–H and O–H groups in total. The van der Waals surface area contributed by atoms with Gasteiger partial charge in [0.15, 0.2) is 0 Å². The number of rotatable bonds is 4. The lowest BCUT2D eigenvalue weighted by molar-refractivity contribution is -0.138. The van der Waals surface area contributed by atoms with Gasteiger partial charge in [0, 0.05) is 49.1 Å². The number of piperidine rings is 2. The average Bonchev–Trinajstić information content (AvgIpc) is 3.13. The molecular formula is C26H33N5O2. The van der Waals surface area contributed by atoms with Gasteiger partial charge in [0.05, 0.1) is 5.71 Å². The molecule has 7 heteroatoms. The van der Waals surface area contributed by atoms with Crippen molar-refractivity contribution in [3.05, 3.63) is 59.3 Å². The molecule has 2 aliphatic heterocycles. The number of carbonyl (C=O) groups excluding carboxylic acids is 1. The van der Waals surface area contributed by atoms with Crippen LogP contribution in [0.4, 0.5) is 5.82 Å². The van der Waals surface area contributed by atoms with Crippen molar-refractivity contribution in [3.8, 4) is 0 Å². The summed E-state index contributed by atoms with van der Waals surface area (Å²) in [5.41, 5.74) is 10.7. The van der Waals surface area contributed by atoms with Crippen LogP contribution in [0, 0.1) is 5.92 Å². The molecule has 7 nitrogen and oxygen atoms in total. The smallest absolute Gasteiger partial charge is 0.225 e. The molecule has 2 fully saturated rings. The van der Waals surface area contributed by atoms with E-state index in [1.54, 1.807) is 13.3 Å². The largest absolute Gasteiger partial charge is 0.399 e. The Labute approximate surface area is 195 Å². The van der Waals surface area contributed by atoms with Crippen molar-refractivity contribution in [1.82, 2.24) is 14.8 Å². The third kappa shape index (κ3) is 4.34. The fourth-order valence-electron chi connectivity index (χ4n) is 5.95. The lowest BCUT2D eigenvalue weighted by atomic mass is 9.73. The van der Waals surface area contributed by atoms with Gasteiger partial charge in [0.2, 0.25) is 5.91 Å². The molecule has 0 saturated carbocycles. The van der Waals surface area contributed by atoms with Crippen LogP contribution in [0.15, 0.2) is 47.8 Å². The number of aromatic nitrogens is 1. The van der Waals surface area contributed by atoms with Gasteiger partial charge in [-0.1, -0.05) is 29.4 Å². The van der Waals surface area contributed by atoms with Crippen molar-refractivity contribution in [3.63, 3.8) is 0 Å². The number of pyridine rings is 1. The van der Waals surface area contributed by atoms with Crippen LogP contribution in [0.3, 0.4) is 0 Å². The zero-order valence-corrected chi connectivity index (χ0v) is 19.4. The molecule has 1 aromatic heterocycles. The van der Waals surface area contributed by atoms with E-state index in [0.717, 1.165) is 70.5 Å². The standard InChI is InChI=1S/C26H33N5O2/c1-33-29-23-17-26(22-5-3-2-4-21(22)23)9-14-31(15-10-26)25(32)20-7-12-30(13-8-20)18-19-6-11-28-24(27)16-19/h2-6,11,16,20H,7-10,12-15,17-18H2,1H3,(H2,27,28)/b29-23-. The highest BCUT2D eigenvalue weighted by Gasteiger charge is 2.45. The number of nitrogens with two attached hydrogens (primary N) is 1. The number of amides is 1. The Morgan fingerprint density at radius 1 is 1.18 bits per heavy atom. The van der Waals surface area contributed by atoms with Crippen molar-refractivity contribution in [2.75, 3.05) is 39.0 Å². The highest BCUT2D eigenvalue weighted by atomic mass is 16.6. The van der Waals surface area contributed by atoms with Gasteiger partial charge in [-0.15, -0.1) is 0 Å². The van der Waals surface area contributed by atoms with Crippen LogP contribution in [0.25, 0.3) is 0 Å². The molecular weight excluding hydrogens is 414 g/mol. The summed E-state index contributed by atoms with van der Waals surface area (Å²) >= 11 is 0. The van der Waals surface area contributed by atoms with E-state index in [9.17, 15) is 4.79 Å². The van der Waals surface area contributed by atoms with Gasteiger partial charge >= 0.3 is 0 Å². The molecule has 0 radical (unpaired) electrons. The van der Waals surface area contributed by atoms with Gasteiger partial charge in [0.1, 0.15) is 12.9 Å². The molecule has 3 heterocycles. The quantitative estimate of drug-likeness (QED) is 0.728. The minimum atomic E-state index is 0.0838. The molecule has 33 heavy (non-hydrogen) atoms. The molecule has 2 saturated heterocycles. The number of oxime groups is 1. The van der Waals surface area contributed by atoms with Crippen molar-refractivity contribution in [1.29, 1.82) is 0 Å². The molecule has 1 aromatic carbocycles. The number of hydrogen-bond donors (Lipinski definition) is 1. The highest BCUT2D eigenvalue weighted by molar-refractivity contribution is 6.05.